The van der Waals surface area contributed by atoms with E-state index in [-0.39, 0.29) is 25.7 Å². The summed E-state index contributed by atoms with van der Waals surface area (Å²) in [5.41, 5.74) is 0. The van der Waals surface area contributed by atoms with Gasteiger partial charge in [-0.25, -0.2) is 9.13 Å². The van der Waals surface area contributed by atoms with E-state index in [0.29, 0.717) is 25.7 Å². The Morgan fingerprint density at radius 1 is 0.304 bits per heavy atom. The molecule has 0 aliphatic rings. The molecule has 0 spiro atoms. The van der Waals surface area contributed by atoms with E-state index in [0.717, 1.165) is 148 Å². The maximum absolute atomic E-state index is 13.0. The Morgan fingerprint density at radius 3 is 0.848 bits per heavy atom. The molecule has 0 aliphatic heterocycles. The second kappa shape index (κ2) is 66.6. The lowest BCUT2D eigenvalue weighted by atomic mass is 10.0. The number of carbonyl (C=O) groups excluding carboxylic acids is 4. The maximum atomic E-state index is 13.0. The van der Waals surface area contributed by atoms with Gasteiger partial charge in [-0.15, -0.1) is 0 Å². The molecule has 0 amide bonds. The molecule has 5 atom stereocenters. The second-order valence-corrected chi connectivity index (χ2v) is 27.8. The number of rotatable bonds is 70. The number of aliphatic hydroxyl groups excluding tert-OH is 1. The molecule has 0 aliphatic carbocycles. The Morgan fingerprint density at radius 2 is 0.554 bits per heavy atom. The van der Waals surface area contributed by atoms with Crippen molar-refractivity contribution in [3.63, 3.8) is 0 Å². The lowest BCUT2D eigenvalue weighted by molar-refractivity contribution is -0.161. The van der Waals surface area contributed by atoms with Crippen LogP contribution in [-0.4, -0.2) is 96.7 Å². The summed E-state index contributed by atoms with van der Waals surface area (Å²) in [7, 11) is -9.92. The van der Waals surface area contributed by atoms with Crippen molar-refractivity contribution in [2.75, 3.05) is 39.6 Å². The number of hydrogen-bond donors (Lipinski definition) is 3. The van der Waals surface area contributed by atoms with E-state index >= 15 is 0 Å². The summed E-state index contributed by atoms with van der Waals surface area (Å²) in [5.74, 6) is -2.17. The third-order valence-electron chi connectivity index (χ3n) is 15.8. The Bertz CT molecular complexity index is 1940. The second-order valence-electron chi connectivity index (χ2n) is 24.9. The zero-order valence-corrected chi connectivity index (χ0v) is 60.3. The van der Waals surface area contributed by atoms with Gasteiger partial charge in [0.05, 0.1) is 26.4 Å². The number of allylic oxidation sites excluding steroid dienone is 8. The van der Waals surface area contributed by atoms with Crippen LogP contribution in [0.2, 0.25) is 0 Å². The monoisotopic (exact) mass is 1340 g/mol. The van der Waals surface area contributed by atoms with Crippen molar-refractivity contribution in [2.45, 2.75) is 354 Å². The van der Waals surface area contributed by atoms with E-state index in [4.69, 9.17) is 37.0 Å². The SMILES string of the molecule is CCC/C=C\C/C=C\CCCCCCCC(=O)OCC(COP(=O)(O)OCC(O)COP(=O)(O)OCC(COC(=O)CCCCCCCCCCCCCCCCC)OC(=O)CCCCCCC/C=C\C/C=C\CCC)OC(=O)CCCCCCCCCCCCC. The fourth-order valence-corrected chi connectivity index (χ4v) is 11.7. The average Bonchev–Trinajstić information content (AvgIpc) is 2.25. The van der Waals surface area contributed by atoms with Crippen LogP contribution in [0, 0.1) is 0 Å². The molecule has 0 bridgehead atoms. The number of phosphoric ester groups is 2. The van der Waals surface area contributed by atoms with Crippen LogP contribution in [0.3, 0.4) is 0 Å². The number of hydrogen-bond acceptors (Lipinski definition) is 15. The Labute approximate surface area is 559 Å². The van der Waals surface area contributed by atoms with Crippen LogP contribution in [0.1, 0.15) is 336 Å². The summed E-state index contributed by atoms with van der Waals surface area (Å²) in [6.45, 7) is 4.75. The molecule has 0 rings (SSSR count). The summed E-state index contributed by atoms with van der Waals surface area (Å²) in [6, 6.07) is 0. The molecular formula is C73H134O17P2. The molecule has 0 saturated carbocycles. The molecule has 0 heterocycles. The molecule has 0 radical (unpaired) electrons. The largest absolute Gasteiger partial charge is 0.472 e. The first-order chi connectivity index (χ1) is 44.7. The van der Waals surface area contributed by atoms with Gasteiger partial charge < -0.3 is 33.8 Å². The van der Waals surface area contributed by atoms with Gasteiger partial charge in [-0.2, -0.15) is 0 Å². The quantitative estimate of drug-likeness (QED) is 0.0169. The molecule has 0 fully saturated rings. The normalized spacial score (nSPS) is 14.3. The lowest BCUT2D eigenvalue weighted by Crippen LogP contribution is -2.30. The first kappa shape index (κ1) is 89.0. The summed E-state index contributed by atoms with van der Waals surface area (Å²) in [5, 5.41) is 10.6. The molecule has 17 nitrogen and oxygen atoms in total. The van der Waals surface area contributed by atoms with Crippen LogP contribution in [0.25, 0.3) is 0 Å². The van der Waals surface area contributed by atoms with Gasteiger partial charge in [0.25, 0.3) is 0 Å². The van der Waals surface area contributed by atoms with E-state index in [1.165, 1.54) is 109 Å². The molecule has 19 heteroatoms. The van der Waals surface area contributed by atoms with Crippen LogP contribution in [0.4, 0.5) is 0 Å². The molecule has 0 saturated heterocycles. The van der Waals surface area contributed by atoms with E-state index in [9.17, 15) is 43.2 Å². The fraction of sp³-hybridized carbons (Fsp3) is 0.836. The van der Waals surface area contributed by atoms with Crippen molar-refractivity contribution in [2.24, 2.45) is 0 Å². The van der Waals surface area contributed by atoms with Crippen molar-refractivity contribution in [3.05, 3.63) is 48.6 Å². The van der Waals surface area contributed by atoms with Gasteiger partial charge in [-0.05, 0) is 77.0 Å². The highest BCUT2D eigenvalue weighted by Gasteiger charge is 2.30. The number of unbranched alkanes of at least 4 members (excludes halogenated alkanes) is 36. The smallest absolute Gasteiger partial charge is 0.462 e. The summed E-state index contributed by atoms with van der Waals surface area (Å²) in [6.07, 6.45) is 61.1. The van der Waals surface area contributed by atoms with Gasteiger partial charge in [-0.3, -0.25) is 37.3 Å². The van der Waals surface area contributed by atoms with Crippen molar-refractivity contribution < 1.29 is 80.2 Å². The summed E-state index contributed by atoms with van der Waals surface area (Å²) < 4.78 is 68.3. The van der Waals surface area contributed by atoms with Crippen LogP contribution >= 0.6 is 15.6 Å². The molecule has 3 N–H and O–H groups in total. The minimum Gasteiger partial charge on any atom is -0.462 e. The highest BCUT2D eigenvalue weighted by molar-refractivity contribution is 7.47. The minimum atomic E-state index is -4.96. The zero-order chi connectivity index (χ0) is 67.5. The zero-order valence-electron chi connectivity index (χ0n) is 58.5. The van der Waals surface area contributed by atoms with Crippen LogP contribution in [0.5, 0.6) is 0 Å². The van der Waals surface area contributed by atoms with Crippen molar-refractivity contribution in [1.29, 1.82) is 0 Å². The van der Waals surface area contributed by atoms with Crippen molar-refractivity contribution in [1.82, 2.24) is 0 Å². The minimum absolute atomic E-state index is 0.0847. The number of carbonyl (C=O) groups is 4. The Hall–Kier alpha value is -2.98. The fourth-order valence-electron chi connectivity index (χ4n) is 10.1. The predicted molar refractivity (Wildman–Crippen MR) is 372 cm³/mol. The average molecular weight is 1350 g/mol. The third-order valence-corrected chi connectivity index (χ3v) is 17.7. The van der Waals surface area contributed by atoms with Gasteiger partial charge in [0.15, 0.2) is 12.2 Å². The lowest BCUT2D eigenvalue weighted by Gasteiger charge is -2.21. The van der Waals surface area contributed by atoms with Gasteiger partial charge in [-0.1, -0.05) is 282 Å². The highest BCUT2D eigenvalue weighted by atomic mass is 31.2. The van der Waals surface area contributed by atoms with Gasteiger partial charge in [0.1, 0.15) is 19.3 Å². The molecule has 0 aromatic rings. The number of ether oxygens (including phenoxy) is 4. The van der Waals surface area contributed by atoms with Gasteiger partial charge in [0.2, 0.25) is 0 Å². The van der Waals surface area contributed by atoms with Crippen molar-refractivity contribution in [3.8, 4) is 0 Å². The molecule has 92 heavy (non-hydrogen) atoms. The molecule has 0 aromatic carbocycles. The van der Waals surface area contributed by atoms with E-state index in [2.05, 4.69) is 76.3 Å². The molecular weight excluding hydrogens is 1210 g/mol. The van der Waals surface area contributed by atoms with Crippen LogP contribution in [-0.2, 0) is 65.4 Å². The standard InChI is InChI=1S/C73H134O17P2/c1-5-9-13-17-21-25-29-32-33-36-39-42-46-50-54-58-71(76)84-64-69(90-73(78)60-56-52-48-44-40-35-31-27-23-19-15-11-7-3)66-88-92(81,82)86-62-67(74)61-85-91(79,80)87-65-68(89-72(77)59-55-51-47-43-37-28-24-20-16-12-8-4)63-83-70(75)57-53-49-45-41-38-34-30-26-22-18-14-10-6-2/h14-15,18-19,26-27,30-31,67-69,74H,5-13,16-17,20-25,28-29,32-66H2,1-4H3,(H,79,80)(H,81,82)/b18-14-,19-15-,30-26-,31-27-. The highest BCUT2D eigenvalue weighted by Crippen LogP contribution is 2.45. The molecule has 0 aromatic heterocycles. The molecule has 5 unspecified atom stereocenters. The summed E-state index contributed by atoms with van der Waals surface area (Å²) >= 11 is 0. The van der Waals surface area contributed by atoms with E-state index in [1.54, 1.807) is 0 Å². The van der Waals surface area contributed by atoms with E-state index in [1.807, 2.05) is 0 Å². The van der Waals surface area contributed by atoms with Crippen LogP contribution < -0.4 is 0 Å². The van der Waals surface area contributed by atoms with E-state index < -0.39 is 97.5 Å². The number of esters is 4. The molecule has 538 valence electrons. The predicted octanol–water partition coefficient (Wildman–Crippen LogP) is 20.6. The first-order valence-electron chi connectivity index (χ1n) is 36.9. The summed E-state index contributed by atoms with van der Waals surface area (Å²) in [4.78, 5) is 72.6. The maximum Gasteiger partial charge on any atom is 0.472 e. The van der Waals surface area contributed by atoms with Crippen LogP contribution in [0.15, 0.2) is 48.6 Å². The Kier molecular flexibility index (Phi) is 64.5. The number of aliphatic hydroxyl groups is 1. The van der Waals surface area contributed by atoms with Gasteiger partial charge >= 0.3 is 39.5 Å². The van der Waals surface area contributed by atoms with Gasteiger partial charge in [0, 0.05) is 25.7 Å². The van der Waals surface area contributed by atoms with Crippen molar-refractivity contribution >= 4 is 39.5 Å². The topological polar surface area (TPSA) is 237 Å². The Balaban J connectivity index is 5.29. The first-order valence-corrected chi connectivity index (χ1v) is 39.9. The number of phosphoric acid groups is 2. The third kappa shape index (κ3) is 65.7.